The van der Waals surface area contributed by atoms with Crippen molar-refractivity contribution < 1.29 is 29.0 Å². The highest BCUT2D eigenvalue weighted by molar-refractivity contribution is 5.70. The fraction of sp³-hybridized carbons (Fsp3) is 0.833. The number of carbonyl (C=O) groups excluding carboxylic acids is 2. The summed E-state index contributed by atoms with van der Waals surface area (Å²) in [6.07, 6.45) is 18.1. The number of hydrogen-bond donors (Lipinski definition) is 1. The summed E-state index contributed by atoms with van der Waals surface area (Å²) in [5.74, 6) is 0.0878. The Kier molecular flexibility index (Phi) is 10.1. The van der Waals surface area contributed by atoms with E-state index < -0.39 is 5.97 Å². The molecule has 51 heavy (non-hydrogen) atoms. The number of ether oxygens (including phenoxy) is 2. The van der Waals surface area contributed by atoms with Gasteiger partial charge in [0.05, 0.1) is 12.6 Å². The molecule has 0 saturated heterocycles. The van der Waals surface area contributed by atoms with E-state index in [0.717, 1.165) is 83.5 Å². The maximum absolute atomic E-state index is 13.3. The molecule has 5 aliphatic rings. The van der Waals surface area contributed by atoms with Gasteiger partial charge in [-0.3, -0.25) is 14.4 Å². The van der Waals surface area contributed by atoms with Crippen molar-refractivity contribution in [3.05, 3.63) is 23.5 Å². The van der Waals surface area contributed by atoms with Crippen LogP contribution in [0.25, 0.3) is 0 Å². The second-order valence-electron chi connectivity index (χ2n) is 19.5. The smallest absolute Gasteiger partial charge is 0.328 e. The van der Waals surface area contributed by atoms with Gasteiger partial charge in [-0.25, -0.2) is 4.68 Å². The number of aromatic nitrogens is 3. The van der Waals surface area contributed by atoms with Gasteiger partial charge in [0.25, 0.3) is 0 Å². The third-order valence-corrected chi connectivity index (χ3v) is 15.8. The van der Waals surface area contributed by atoms with Crippen LogP contribution in [0.5, 0.6) is 0 Å². The molecule has 5 aliphatic carbocycles. The summed E-state index contributed by atoms with van der Waals surface area (Å²) in [5, 5.41) is 18.3. The highest BCUT2D eigenvalue weighted by atomic mass is 16.5. The quantitative estimate of drug-likeness (QED) is 0.137. The molecule has 0 bridgehead atoms. The van der Waals surface area contributed by atoms with Gasteiger partial charge in [-0.2, -0.15) is 0 Å². The van der Waals surface area contributed by atoms with Crippen molar-refractivity contribution in [1.29, 1.82) is 0 Å². The van der Waals surface area contributed by atoms with Gasteiger partial charge in [0, 0.05) is 11.8 Å². The largest absolute Gasteiger partial charge is 0.481 e. The third-order valence-electron chi connectivity index (χ3n) is 15.8. The van der Waals surface area contributed by atoms with Crippen molar-refractivity contribution >= 4 is 17.9 Å². The Morgan fingerprint density at radius 3 is 2.39 bits per heavy atom. The van der Waals surface area contributed by atoms with Crippen LogP contribution in [-0.4, -0.2) is 44.1 Å². The topological polar surface area (TPSA) is 121 Å². The van der Waals surface area contributed by atoms with Gasteiger partial charge in [0.15, 0.2) is 0 Å². The maximum atomic E-state index is 13.3. The molecular weight excluding hydrogens is 642 g/mol. The van der Waals surface area contributed by atoms with Crippen LogP contribution in [0.2, 0.25) is 0 Å². The van der Waals surface area contributed by atoms with Crippen LogP contribution >= 0.6 is 0 Å². The minimum Gasteiger partial charge on any atom is -0.481 e. The monoisotopic (exact) mass is 707 g/mol. The number of aliphatic carboxylic acids is 1. The van der Waals surface area contributed by atoms with Crippen molar-refractivity contribution in [1.82, 2.24) is 15.0 Å². The van der Waals surface area contributed by atoms with Crippen LogP contribution in [-0.2, 0) is 37.0 Å². The molecule has 6 rings (SSSR count). The maximum Gasteiger partial charge on any atom is 0.328 e. The Morgan fingerprint density at radius 1 is 0.922 bits per heavy atom. The normalized spacial score (nSPS) is 37.8. The van der Waals surface area contributed by atoms with Gasteiger partial charge in [0.2, 0.25) is 0 Å². The molecule has 4 saturated carbocycles. The number of hydrogen-bond acceptors (Lipinski definition) is 7. The Morgan fingerprint density at radius 2 is 1.67 bits per heavy atom. The Hall–Kier alpha value is -2.71. The van der Waals surface area contributed by atoms with Crippen LogP contribution in [0.3, 0.4) is 0 Å². The zero-order chi connectivity index (χ0) is 37.0. The predicted octanol–water partition coefficient (Wildman–Crippen LogP) is 9.09. The van der Waals surface area contributed by atoms with E-state index in [9.17, 15) is 19.5 Å². The standard InChI is InChI=1S/C42H65N3O6/c1-9-10-11-12-35(48)50-27-28-25-45(44-43-28)26-36(49)51-33-16-17-39(6)31(38(33,4)5)15-18-41(8)32(39)14-13-29-30-23-37(2,3)19-21-42(30,24-34(46)47)22-20-40(29,41)7/h13,25,30-33H,9-12,14-24,26-27H2,1-8H3,(H,46,47)/t30-,31?,32-,33+,39+,40-,41-,42-/m1/s1. The summed E-state index contributed by atoms with van der Waals surface area (Å²) in [6.45, 7) is 19.2. The number of unbranched alkanes of at least 4 members (excludes halogenated alkanes) is 2. The number of carbonyl (C=O) groups is 3. The lowest BCUT2D eigenvalue weighted by Crippen LogP contribution is -2.65. The average molecular weight is 708 g/mol. The summed E-state index contributed by atoms with van der Waals surface area (Å²) in [6, 6.07) is 0. The molecule has 4 fully saturated rings. The number of carboxylic acids is 1. The van der Waals surface area contributed by atoms with Crippen molar-refractivity contribution in [2.24, 2.45) is 50.2 Å². The van der Waals surface area contributed by atoms with E-state index in [1.165, 1.54) is 4.68 Å². The number of carboxylic acid groups (broad SMARTS) is 1. The molecule has 8 atom stereocenters. The minimum absolute atomic E-state index is 0.0279. The molecule has 1 N–H and O–H groups in total. The second kappa shape index (κ2) is 13.6. The summed E-state index contributed by atoms with van der Waals surface area (Å²) in [7, 11) is 0. The van der Waals surface area contributed by atoms with Crippen molar-refractivity contribution in [3.63, 3.8) is 0 Å². The molecule has 1 unspecified atom stereocenters. The van der Waals surface area contributed by atoms with E-state index in [1.807, 2.05) is 0 Å². The molecule has 0 spiro atoms. The van der Waals surface area contributed by atoms with Crippen molar-refractivity contribution in [2.45, 2.75) is 171 Å². The lowest BCUT2D eigenvalue weighted by Gasteiger charge is -2.71. The third kappa shape index (κ3) is 6.70. The van der Waals surface area contributed by atoms with Crippen LogP contribution in [0.1, 0.15) is 157 Å². The van der Waals surface area contributed by atoms with Gasteiger partial charge >= 0.3 is 17.9 Å². The summed E-state index contributed by atoms with van der Waals surface area (Å²) >= 11 is 0. The molecule has 1 aromatic rings. The molecule has 284 valence electrons. The number of fused-ring (bicyclic) bond motifs is 7. The van der Waals surface area contributed by atoms with E-state index in [1.54, 1.807) is 11.8 Å². The molecule has 0 radical (unpaired) electrons. The van der Waals surface area contributed by atoms with E-state index in [0.29, 0.717) is 36.3 Å². The summed E-state index contributed by atoms with van der Waals surface area (Å²) < 4.78 is 13.1. The Labute approximate surface area is 306 Å². The zero-order valence-corrected chi connectivity index (χ0v) is 32.8. The first kappa shape index (κ1) is 38.0. The Balaban J connectivity index is 1.14. The first-order valence-corrected chi connectivity index (χ1v) is 20.1. The van der Waals surface area contributed by atoms with Crippen LogP contribution in [0.15, 0.2) is 17.8 Å². The first-order valence-electron chi connectivity index (χ1n) is 20.1. The highest BCUT2D eigenvalue weighted by Gasteiger charge is 2.68. The van der Waals surface area contributed by atoms with Gasteiger partial charge in [-0.05, 0) is 115 Å². The lowest BCUT2D eigenvalue weighted by atomic mass is 9.33. The molecule has 0 aliphatic heterocycles. The molecule has 0 amide bonds. The van der Waals surface area contributed by atoms with Gasteiger partial charge in [-0.15, -0.1) is 5.10 Å². The molecule has 1 heterocycles. The van der Waals surface area contributed by atoms with Gasteiger partial charge in [-0.1, -0.05) is 85.1 Å². The number of allylic oxidation sites excluding steroid dienone is 2. The van der Waals surface area contributed by atoms with Crippen LogP contribution < -0.4 is 0 Å². The summed E-state index contributed by atoms with van der Waals surface area (Å²) in [5.41, 5.74) is 2.33. The summed E-state index contributed by atoms with van der Waals surface area (Å²) in [4.78, 5) is 37.6. The average Bonchev–Trinajstić information content (AvgIpc) is 3.49. The van der Waals surface area contributed by atoms with Crippen LogP contribution in [0.4, 0.5) is 0 Å². The zero-order valence-electron chi connectivity index (χ0n) is 32.8. The molecule has 1 aromatic heterocycles. The number of rotatable bonds is 11. The van der Waals surface area contributed by atoms with Crippen molar-refractivity contribution in [2.75, 3.05) is 0 Å². The minimum atomic E-state index is -0.640. The lowest BCUT2D eigenvalue weighted by molar-refractivity contribution is -0.213. The fourth-order valence-corrected chi connectivity index (χ4v) is 12.7. The number of esters is 2. The Bertz CT molecular complexity index is 1530. The van der Waals surface area contributed by atoms with E-state index in [4.69, 9.17) is 9.47 Å². The van der Waals surface area contributed by atoms with E-state index in [2.05, 4.69) is 71.8 Å². The van der Waals surface area contributed by atoms with E-state index >= 15 is 0 Å². The van der Waals surface area contributed by atoms with Gasteiger partial charge < -0.3 is 14.6 Å². The van der Waals surface area contributed by atoms with Gasteiger partial charge in [0.1, 0.15) is 24.9 Å². The predicted molar refractivity (Wildman–Crippen MR) is 195 cm³/mol. The van der Waals surface area contributed by atoms with E-state index in [-0.39, 0.29) is 63.7 Å². The first-order chi connectivity index (χ1) is 23.9. The number of nitrogens with zero attached hydrogens (tertiary/aromatic N) is 3. The molecular formula is C42H65N3O6. The van der Waals surface area contributed by atoms with Crippen molar-refractivity contribution in [3.8, 4) is 0 Å². The highest BCUT2D eigenvalue weighted by Crippen LogP contribution is 2.76. The molecule has 0 aromatic carbocycles. The van der Waals surface area contributed by atoms with Crippen LogP contribution in [0, 0.1) is 50.2 Å². The molecule has 9 nitrogen and oxygen atoms in total. The fourth-order valence-electron chi connectivity index (χ4n) is 12.7. The SMILES string of the molecule is CCCCCC(=O)OCc1cn(CC(=O)O[C@H]2CC[C@@]3(C)C(CC[C@]4(C)[C@@H]3CC=C3[C@H]5CC(C)(C)CC[C@]5(CC(=O)O)CC[C@]34C)C2(C)C)nn1. The molecule has 9 heteroatoms. The second-order valence-corrected chi connectivity index (χ2v) is 19.5.